The van der Waals surface area contributed by atoms with Gasteiger partial charge in [0.15, 0.2) is 0 Å². The summed E-state index contributed by atoms with van der Waals surface area (Å²) in [5.74, 6) is 0.776. The second-order valence-corrected chi connectivity index (χ2v) is 12.7. The first-order chi connectivity index (χ1) is 24.2. The molecular formula is C46H33N3. The predicted molar refractivity (Wildman–Crippen MR) is 207 cm³/mol. The van der Waals surface area contributed by atoms with E-state index in [0.717, 1.165) is 46.8 Å². The summed E-state index contributed by atoms with van der Waals surface area (Å²) in [6.45, 7) is 0. The molecule has 49 heavy (non-hydrogen) atoms. The van der Waals surface area contributed by atoms with Gasteiger partial charge >= 0.3 is 0 Å². The van der Waals surface area contributed by atoms with Crippen LogP contribution in [0.2, 0.25) is 0 Å². The highest BCUT2D eigenvalue weighted by molar-refractivity contribution is 6.16. The molecule has 0 radical (unpaired) electrons. The van der Waals surface area contributed by atoms with Gasteiger partial charge in [-0.3, -0.25) is 0 Å². The molecule has 232 valence electrons. The molecule has 0 amide bonds. The molecule has 0 bridgehead atoms. The number of rotatable bonds is 5. The van der Waals surface area contributed by atoms with Crippen molar-refractivity contribution in [1.82, 2.24) is 5.32 Å². The first-order valence-corrected chi connectivity index (χ1v) is 16.9. The van der Waals surface area contributed by atoms with Crippen LogP contribution >= 0.6 is 0 Å². The molecule has 0 saturated heterocycles. The van der Waals surface area contributed by atoms with Crippen molar-refractivity contribution in [3.63, 3.8) is 0 Å². The van der Waals surface area contributed by atoms with Gasteiger partial charge in [-0.05, 0) is 85.5 Å². The van der Waals surface area contributed by atoms with Crippen LogP contribution in [0, 0.1) is 5.41 Å². The van der Waals surface area contributed by atoms with E-state index in [4.69, 9.17) is 10.4 Å². The summed E-state index contributed by atoms with van der Waals surface area (Å²) in [6, 6.07) is 51.1. The molecule has 1 aliphatic heterocycles. The van der Waals surface area contributed by atoms with E-state index in [1.54, 1.807) is 0 Å². The van der Waals surface area contributed by atoms with E-state index in [-0.39, 0.29) is 0 Å². The Morgan fingerprint density at radius 3 is 2.10 bits per heavy atom. The van der Waals surface area contributed by atoms with Gasteiger partial charge in [-0.1, -0.05) is 152 Å². The molecule has 0 spiro atoms. The van der Waals surface area contributed by atoms with E-state index >= 15 is 0 Å². The van der Waals surface area contributed by atoms with Crippen molar-refractivity contribution in [1.29, 1.82) is 5.41 Å². The van der Waals surface area contributed by atoms with Gasteiger partial charge in [0, 0.05) is 11.1 Å². The van der Waals surface area contributed by atoms with Crippen LogP contribution in [0.15, 0.2) is 163 Å². The summed E-state index contributed by atoms with van der Waals surface area (Å²) in [5, 5.41) is 17.4. The lowest BCUT2D eigenvalue weighted by Gasteiger charge is -2.25. The lowest BCUT2D eigenvalue weighted by molar-refractivity contribution is 0.991. The van der Waals surface area contributed by atoms with Crippen LogP contribution in [-0.2, 0) is 6.42 Å². The Hall–Kier alpha value is -6.32. The van der Waals surface area contributed by atoms with Crippen molar-refractivity contribution in [3.8, 4) is 22.3 Å². The van der Waals surface area contributed by atoms with Crippen molar-refractivity contribution in [3.05, 3.63) is 186 Å². The minimum absolute atomic E-state index is 0.451. The van der Waals surface area contributed by atoms with Crippen molar-refractivity contribution in [2.75, 3.05) is 0 Å². The van der Waals surface area contributed by atoms with Crippen LogP contribution in [-0.4, -0.2) is 11.5 Å². The second kappa shape index (κ2) is 12.0. The zero-order valence-corrected chi connectivity index (χ0v) is 26.9. The Bertz CT molecular complexity index is 2510. The Kier molecular flexibility index (Phi) is 7.09. The van der Waals surface area contributed by atoms with Crippen molar-refractivity contribution in [2.45, 2.75) is 12.8 Å². The standard InChI is InChI=1S/C46H33N3/c47-41(31-14-2-1-3-15-31)29-43-40-22-10-11-24-42(40)48-46(49-43)33-27-25-32(26-28-33)44-36-18-6-8-20-38(36)45(39-21-9-7-19-37(39)44)35-23-12-16-30-13-4-5-17-34(30)35/h1-6,8-18,20-29,47H,7,19H2,(H,48,49)/b43-29-,47-41?. The fourth-order valence-electron chi connectivity index (χ4n) is 7.48. The normalized spacial score (nSPS) is 14.3. The van der Waals surface area contributed by atoms with Crippen LogP contribution in [0.1, 0.15) is 34.2 Å². The van der Waals surface area contributed by atoms with Crippen LogP contribution in [0.4, 0.5) is 5.69 Å². The molecule has 0 fully saturated rings. The molecule has 0 aromatic heterocycles. The quantitative estimate of drug-likeness (QED) is 0.183. The zero-order valence-electron chi connectivity index (χ0n) is 26.9. The maximum atomic E-state index is 8.79. The monoisotopic (exact) mass is 627 g/mol. The molecule has 0 unspecified atom stereocenters. The van der Waals surface area contributed by atoms with E-state index in [9.17, 15) is 0 Å². The van der Waals surface area contributed by atoms with Gasteiger partial charge in [-0.25, -0.2) is 4.99 Å². The smallest absolute Gasteiger partial charge is 0.138 e. The van der Waals surface area contributed by atoms with Gasteiger partial charge in [0.1, 0.15) is 5.84 Å². The molecule has 0 atom stereocenters. The molecule has 9 rings (SSSR count). The summed E-state index contributed by atoms with van der Waals surface area (Å²) in [4.78, 5) is 5.02. The third kappa shape index (κ3) is 5.08. The minimum atomic E-state index is 0.451. The number of benzene rings is 7. The lowest BCUT2D eigenvalue weighted by atomic mass is 9.79. The summed E-state index contributed by atoms with van der Waals surface area (Å²) >= 11 is 0. The maximum absolute atomic E-state index is 8.79. The predicted octanol–water partition coefficient (Wildman–Crippen LogP) is 11.4. The minimum Gasteiger partial charge on any atom is -0.339 e. The highest BCUT2D eigenvalue weighted by Gasteiger charge is 2.23. The molecule has 2 N–H and O–H groups in total. The van der Waals surface area contributed by atoms with Crippen molar-refractivity contribution in [2.24, 2.45) is 4.99 Å². The van der Waals surface area contributed by atoms with E-state index in [0.29, 0.717) is 5.71 Å². The molecule has 1 aliphatic carbocycles. The number of para-hydroxylation sites is 1. The summed E-state index contributed by atoms with van der Waals surface area (Å²) in [5.41, 5.74) is 12.9. The molecule has 1 heterocycles. The third-order valence-electron chi connectivity index (χ3n) is 9.77. The number of hydrogen-bond acceptors (Lipinski definition) is 3. The van der Waals surface area contributed by atoms with Gasteiger partial charge in [-0.15, -0.1) is 0 Å². The molecule has 3 nitrogen and oxygen atoms in total. The second-order valence-electron chi connectivity index (χ2n) is 12.7. The Morgan fingerprint density at radius 2 is 1.27 bits per heavy atom. The number of allylic oxidation sites excluding steroid dienone is 2. The van der Waals surface area contributed by atoms with Crippen molar-refractivity contribution >= 4 is 50.6 Å². The maximum Gasteiger partial charge on any atom is 0.138 e. The van der Waals surface area contributed by atoms with Gasteiger partial charge in [0.05, 0.1) is 17.1 Å². The fourth-order valence-corrected chi connectivity index (χ4v) is 7.48. The van der Waals surface area contributed by atoms with Gasteiger partial charge in [0.25, 0.3) is 0 Å². The van der Waals surface area contributed by atoms with Crippen LogP contribution in [0.3, 0.4) is 0 Å². The molecule has 0 saturated carbocycles. The first-order valence-electron chi connectivity index (χ1n) is 16.9. The van der Waals surface area contributed by atoms with Gasteiger partial charge in [0.2, 0.25) is 0 Å². The highest BCUT2D eigenvalue weighted by atomic mass is 15.0. The summed E-state index contributed by atoms with van der Waals surface area (Å²) < 4.78 is 0. The zero-order chi connectivity index (χ0) is 32.7. The molecule has 3 heteroatoms. The summed E-state index contributed by atoms with van der Waals surface area (Å²) in [7, 11) is 0. The van der Waals surface area contributed by atoms with Gasteiger partial charge in [-0.2, -0.15) is 0 Å². The van der Waals surface area contributed by atoms with E-state index in [1.165, 1.54) is 54.9 Å². The Balaban J connectivity index is 1.15. The van der Waals surface area contributed by atoms with E-state index in [1.807, 2.05) is 54.6 Å². The van der Waals surface area contributed by atoms with Crippen molar-refractivity contribution < 1.29 is 0 Å². The fraction of sp³-hybridized carbons (Fsp3) is 0.0435. The summed E-state index contributed by atoms with van der Waals surface area (Å²) in [6.07, 6.45) is 8.60. The van der Waals surface area contributed by atoms with E-state index in [2.05, 4.69) is 115 Å². The SMILES string of the molecule is N=C(/C=C1\NC(c2ccc(-c3c4c(c(-c5cccc6ccccc56)c5ccccc35)C=CCC4)cc2)=Nc2ccccc21)c1ccccc1. The number of nitrogens with zero attached hydrogens (tertiary/aromatic N) is 1. The largest absolute Gasteiger partial charge is 0.339 e. The molecule has 7 aromatic rings. The third-order valence-corrected chi connectivity index (χ3v) is 9.77. The Morgan fingerprint density at radius 1 is 0.612 bits per heavy atom. The molecular weight excluding hydrogens is 595 g/mol. The lowest BCUT2D eigenvalue weighted by Crippen LogP contribution is -2.26. The number of amidine groups is 1. The van der Waals surface area contributed by atoms with Crippen LogP contribution in [0.5, 0.6) is 0 Å². The average Bonchev–Trinajstić information content (AvgIpc) is 3.17. The Labute approximate surface area is 286 Å². The topological polar surface area (TPSA) is 48.2 Å². The average molecular weight is 628 g/mol. The van der Waals surface area contributed by atoms with E-state index < -0.39 is 0 Å². The highest BCUT2D eigenvalue weighted by Crippen LogP contribution is 2.46. The van der Waals surface area contributed by atoms with Crippen LogP contribution in [0.25, 0.3) is 55.6 Å². The molecule has 7 aromatic carbocycles. The number of hydrogen-bond donors (Lipinski definition) is 2. The first kappa shape index (κ1) is 28.9. The molecule has 2 aliphatic rings. The number of fused-ring (bicyclic) bond motifs is 4. The number of aliphatic imine (C=N–C) groups is 1. The van der Waals surface area contributed by atoms with Crippen LogP contribution < -0.4 is 5.32 Å². The van der Waals surface area contributed by atoms with Gasteiger partial charge < -0.3 is 10.7 Å². The number of nitrogens with one attached hydrogen (secondary N) is 2.